The molecule has 196 valence electrons. The van der Waals surface area contributed by atoms with Crippen LogP contribution in [0.2, 0.25) is 0 Å². The van der Waals surface area contributed by atoms with Gasteiger partial charge in [0.25, 0.3) is 0 Å². The van der Waals surface area contributed by atoms with Gasteiger partial charge in [-0.05, 0) is 46.8 Å². The summed E-state index contributed by atoms with van der Waals surface area (Å²) in [6.45, 7) is -0.255. The summed E-state index contributed by atoms with van der Waals surface area (Å²) in [6, 6.07) is 49.0. The first-order valence-electron chi connectivity index (χ1n) is 14.4. The van der Waals surface area contributed by atoms with Gasteiger partial charge >= 0.3 is 6.85 Å². The quantitative estimate of drug-likeness (QED) is 0.215. The Balaban J connectivity index is 1.52. The van der Waals surface area contributed by atoms with Crippen LogP contribution in [0.15, 0.2) is 127 Å². The van der Waals surface area contributed by atoms with Gasteiger partial charge in [-0.25, -0.2) is 0 Å². The normalized spacial score (nSPS) is 12.1. The van der Waals surface area contributed by atoms with Crippen molar-refractivity contribution in [2.75, 3.05) is 0 Å². The lowest BCUT2D eigenvalue weighted by molar-refractivity contribution is 1.18. The van der Waals surface area contributed by atoms with Gasteiger partial charge < -0.3 is 9.05 Å². The Bertz CT molecular complexity index is 2540. The Morgan fingerprint density at radius 1 is 0.558 bits per heavy atom. The molecule has 0 unspecified atom stereocenters. The number of rotatable bonds is 2. The highest BCUT2D eigenvalue weighted by atomic mass is 15.0. The minimum Gasteiger partial charge on any atom is -0.375 e. The number of hydrogen-bond donors (Lipinski definition) is 0. The van der Waals surface area contributed by atoms with Crippen LogP contribution in [0.4, 0.5) is 0 Å². The number of nitrogens with zero attached hydrogens (tertiary/aromatic N) is 4. The highest BCUT2D eigenvalue weighted by Crippen LogP contribution is 2.39. The molecule has 6 aromatic carbocycles. The third-order valence-electron chi connectivity index (χ3n) is 9.04. The van der Waals surface area contributed by atoms with Crippen molar-refractivity contribution in [1.29, 1.82) is 10.5 Å². The summed E-state index contributed by atoms with van der Waals surface area (Å²) in [4.78, 5) is 0. The highest BCUT2D eigenvalue weighted by molar-refractivity contribution is 6.89. The number of fused-ring (bicyclic) bond motifs is 8. The molecule has 2 aromatic heterocycles. The lowest BCUT2D eigenvalue weighted by atomic mass is 9.47. The number of benzene rings is 6. The van der Waals surface area contributed by atoms with Crippen LogP contribution >= 0.6 is 0 Å². The molecule has 8 aromatic rings. The maximum absolute atomic E-state index is 10.6. The number of nitriles is 2. The molecule has 0 spiro atoms. The molecule has 5 heteroatoms. The van der Waals surface area contributed by atoms with Crippen LogP contribution < -0.4 is 10.9 Å². The van der Waals surface area contributed by atoms with E-state index in [1.807, 2.05) is 30.3 Å². The molecular weight excluding hydrogens is 523 g/mol. The van der Waals surface area contributed by atoms with E-state index in [-0.39, 0.29) is 6.85 Å². The summed E-state index contributed by atoms with van der Waals surface area (Å²) in [5.41, 5.74) is 11.0. The monoisotopic (exact) mass is 544 g/mol. The van der Waals surface area contributed by atoms with E-state index in [1.54, 1.807) is 0 Å². The van der Waals surface area contributed by atoms with Crippen LogP contribution in [-0.2, 0) is 0 Å². The van der Waals surface area contributed by atoms with Gasteiger partial charge in [-0.2, -0.15) is 10.5 Å². The molecule has 0 radical (unpaired) electrons. The van der Waals surface area contributed by atoms with Gasteiger partial charge in [0.05, 0.1) is 34.3 Å². The Morgan fingerprint density at radius 2 is 1.28 bits per heavy atom. The summed E-state index contributed by atoms with van der Waals surface area (Å²) in [5.74, 6) is 0. The van der Waals surface area contributed by atoms with Gasteiger partial charge in [-0.3, -0.25) is 0 Å². The number of para-hydroxylation sites is 3. The molecule has 0 saturated heterocycles. The molecule has 0 atom stereocenters. The third-order valence-corrected chi connectivity index (χ3v) is 9.04. The average Bonchev–Trinajstić information content (AvgIpc) is 3.59. The Morgan fingerprint density at radius 3 is 2.14 bits per heavy atom. The lowest BCUT2D eigenvalue weighted by Gasteiger charge is -2.29. The van der Waals surface area contributed by atoms with E-state index in [2.05, 4.69) is 118 Å². The van der Waals surface area contributed by atoms with Crippen LogP contribution in [-0.4, -0.2) is 15.9 Å². The van der Waals surface area contributed by atoms with Crippen molar-refractivity contribution >= 4 is 61.4 Å². The van der Waals surface area contributed by atoms with E-state index in [9.17, 15) is 10.5 Å². The molecule has 0 bridgehead atoms. The van der Waals surface area contributed by atoms with Gasteiger partial charge in [-0.1, -0.05) is 97.1 Å². The zero-order chi connectivity index (χ0) is 28.7. The fourth-order valence-corrected chi connectivity index (χ4v) is 7.34. The fourth-order valence-electron chi connectivity index (χ4n) is 7.34. The average molecular weight is 544 g/mol. The van der Waals surface area contributed by atoms with Crippen molar-refractivity contribution in [3.63, 3.8) is 0 Å². The van der Waals surface area contributed by atoms with Crippen molar-refractivity contribution in [1.82, 2.24) is 9.05 Å². The van der Waals surface area contributed by atoms with Crippen molar-refractivity contribution in [2.24, 2.45) is 0 Å². The first-order chi connectivity index (χ1) is 21.3. The summed E-state index contributed by atoms with van der Waals surface area (Å²) < 4.78 is 4.73. The van der Waals surface area contributed by atoms with Crippen LogP contribution in [0.1, 0.15) is 11.1 Å². The maximum Gasteiger partial charge on any atom is 0.333 e. The summed E-state index contributed by atoms with van der Waals surface area (Å²) in [6.07, 6.45) is 0. The SMILES string of the molecule is N#Cc1ccc2c3ccc(C#N)c4c3n(c2c1)-c1ccccc1B4n1c2ccccc2c2cccc(-c3ccccc3)c21. The van der Waals surface area contributed by atoms with Gasteiger partial charge in [0, 0.05) is 43.8 Å². The molecule has 9 rings (SSSR count). The minimum atomic E-state index is -0.255. The fraction of sp³-hybridized carbons (Fsp3) is 0. The topological polar surface area (TPSA) is 57.4 Å². The molecule has 3 heterocycles. The van der Waals surface area contributed by atoms with E-state index in [4.69, 9.17) is 0 Å². The predicted molar refractivity (Wildman–Crippen MR) is 176 cm³/mol. The van der Waals surface area contributed by atoms with E-state index < -0.39 is 0 Å². The van der Waals surface area contributed by atoms with E-state index >= 15 is 0 Å². The summed E-state index contributed by atoms with van der Waals surface area (Å²) in [7, 11) is 0. The van der Waals surface area contributed by atoms with Crippen LogP contribution in [0.3, 0.4) is 0 Å². The second-order valence-electron chi connectivity index (χ2n) is 11.1. The van der Waals surface area contributed by atoms with Gasteiger partial charge in [0.15, 0.2) is 0 Å². The van der Waals surface area contributed by atoms with Crippen molar-refractivity contribution in [2.45, 2.75) is 0 Å². The zero-order valence-electron chi connectivity index (χ0n) is 23.0. The second kappa shape index (κ2) is 8.73. The number of hydrogen-bond acceptors (Lipinski definition) is 2. The molecular formula is C38H21BN4. The third kappa shape index (κ3) is 3.09. The largest absolute Gasteiger partial charge is 0.375 e. The minimum absolute atomic E-state index is 0.255. The predicted octanol–water partition coefficient (Wildman–Crippen LogP) is 7.27. The smallest absolute Gasteiger partial charge is 0.333 e. The zero-order valence-corrected chi connectivity index (χ0v) is 23.0. The van der Waals surface area contributed by atoms with E-state index in [0.717, 1.165) is 60.6 Å². The molecule has 0 fully saturated rings. The molecule has 43 heavy (non-hydrogen) atoms. The standard InChI is InChI=1S/C38H21BN4/c40-22-24-17-19-29-31-20-18-26(23-41)36-38(31)42(35(29)21-24)34-16-7-5-14-32(34)39(36)43-33-15-6-4-11-28(33)30-13-8-12-27(37(30)43)25-9-2-1-3-10-25/h1-21H. The van der Waals surface area contributed by atoms with E-state index in [0.29, 0.717) is 11.1 Å². The first-order valence-corrected chi connectivity index (χ1v) is 14.4. The van der Waals surface area contributed by atoms with Crippen molar-refractivity contribution in [3.8, 4) is 29.0 Å². The van der Waals surface area contributed by atoms with Crippen LogP contribution in [0.5, 0.6) is 0 Å². The summed E-state index contributed by atoms with van der Waals surface area (Å²) in [5, 5.41) is 24.9. The van der Waals surface area contributed by atoms with Crippen LogP contribution in [0.25, 0.3) is 60.4 Å². The Kier molecular flexibility index (Phi) is 4.80. The number of aromatic nitrogens is 2. The maximum atomic E-state index is 10.6. The molecule has 0 amide bonds. The van der Waals surface area contributed by atoms with Crippen molar-refractivity contribution < 1.29 is 0 Å². The first kappa shape index (κ1) is 23.6. The van der Waals surface area contributed by atoms with Gasteiger partial charge in [0.1, 0.15) is 0 Å². The Labute approximate surface area is 248 Å². The second-order valence-corrected chi connectivity index (χ2v) is 11.1. The molecule has 1 aliphatic heterocycles. The Hall–Kier alpha value is -6.04. The summed E-state index contributed by atoms with van der Waals surface area (Å²) >= 11 is 0. The molecule has 0 saturated carbocycles. The van der Waals surface area contributed by atoms with Gasteiger partial charge in [-0.15, -0.1) is 0 Å². The van der Waals surface area contributed by atoms with Crippen LogP contribution in [0, 0.1) is 22.7 Å². The molecule has 1 aliphatic rings. The van der Waals surface area contributed by atoms with E-state index in [1.165, 1.54) is 10.8 Å². The molecule has 0 N–H and O–H groups in total. The molecule has 0 aliphatic carbocycles. The van der Waals surface area contributed by atoms with Gasteiger partial charge in [0.2, 0.25) is 0 Å². The lowest BCUT2D eigenvalue weighted by Crippen LogP contribution is -2.54. The highest BCUT2D eigenvalue weighted by Gasteiger charge is 2.38. The molecule has 4 nitrogen and oxygen atoms in total. The van der Waals surface area contributed by atoms with Crippen molar-refractivity contribution in [3.05, 3.63) is 139 Å².